The van der Waals surface area contributed by atoms with Gasteiger partial charge in [-0.2, -0.15) is 0 Å². The number of rotatable bonds is 8. The highest BCUT2D eigenvalue weighted by Gasteiger charge is 2.31. The molecule has 0 bridgehead atoms. The van der Waals surface area contributed by atoms with Crippen LogP contribution in [0.5, 0.6) is 0 Å². The summed E-state index contributed by atoms with van der Waals surface area (Å²) < 4.78 is 10.7. The summed E-state index contributed by atoms with van der Waals surface area (Å²) in [6, 6.07) is 14.5. The Kier molecular flexibility index (Phi) is 8.01. The van der Waals surface area contributed by atoms with Gasteiger partial charge in [0.25, 0.3) is 5.91 Å². The van der Waals surface area contributed by atoms with Gasteiger partial charge in [-0.3, -0.25) is 14.4 Å². The zero-order valence-electron chi connectivity index (χ0n) is 20.0. The number of ether oxygens (including phenoxy) is 2. The monoisotopic (exact) mass is 479 g/mol. The van der Waals surface area contributed by atoms with Crippen molar-refractivity contribution >= 4 is 30.6 Å². The van der Waals surface area contributed by atoms with E-state index in [0.717, 1.165) is 22.3 Å². The molecule has 0 saturated heterocycles. The van der Waals surface area contributed by atoms with Gasteiger partial charge in [0.1, 0.15) is 18.2 Å². The van der Waals surface area contributed by atoms with E-state index >= 15 is 0 Å². The lowest BCUT2D eigenvalue weighted by Gasteiger charge is -2.22. The molecule has 2 aromatic rings. The van der Waals surface area contributed by atoms with Crippen LogP contribution in [0.3, 0.4) is 0 Å². The fourth-order valence-electron chi connectivity index (χ4n) is 3.88. The molecular formula is C26H29N3O6. The number of nitrogens with zero attached hydrogens (tertiary/aromatic N) is 1. The number of fused-ring (bicyclic) bond motifs is 3. The molecule has 1 aliphatic rings. The molecule has 0 heterocycles. The Morgan fingerprint density at radius 2 is 1.57 bits per heavy atom. The predicted molar refractivity (Wildman–Crippen MR) is 130 cm³/mol. The normalized spacial score (nSPS) is 13.1. The van der Waals surface area contributed by atoms with E-state index in [1.165, 1.54) is 0 Å². The quantitative estimate of drug-likeness (QED) is 0.443. The summed E-state index contributed by atoms with van der Waals surface area (Å²) >= 11 is 0. The predicted octanol–water partition coefficient (Wildman–Crippen LogP) is 2.97. The molecule has 0 fully saturated rings. The summed E-state index contributed by atoms with van der Waals surface area (Å²) in [4.78, 5) is 52.1. The number of nitrogens with one attached hydrogen (secondary N) is 2. The fraction of sp³-hybridized carbons (Fsp3) is 0.346. The summed E-state index contributed by atoms with van der Waals surface area (Å²) in [5.74, 6) is -2.26. The second-order valence-electron chi connectivity index (χ2n) is 9.08. The van der Waals surface area contributed by atoms with E-state index in [1.54, 1.807) is 20.8 Å². The smallest absolute Gasteiger partial charge is 0.407 e. The van der Waals surface area contributed by atoms with Crippen LogP contribution in [0.15, 0.2) is 53.5 Å². The zero-order chi connectivity index (χ0) is 25.6. The molecule has 1 atom stereocenters. The van der Waals surface area contributed by atoms with E-state index < -0.39 is 48.5 Å². The van der Waals surface area contributed by atoms with Gasteiger partial charge >= 0.3 is 12.1 Å². The first kappa shape index (κ1) is 25.6. The molecular weight excluding hydrogens is 450 g/mol. The molecule has 3 rings (SSSR count). The van der Waals surface area contributed by atoms with Gasteiger partial charge in [-0.15, -0.1) is 0 Å². The van der Waals surface area contributed by atoms with E-state index in [9.17, 15) is 19.2 Å². The van der Waals surface area contributed by atoms with E-state index in [-0.39, 0.29) is 12.5 Å². The molecule has 0 spiro atoms. The third kappa shape index (κ3) is 6.75. The van der Waals surface area contributed by atoms with Gasteiger partial charge in [0.15, 0.2) is 0 Å². The molecule has 1 aliphatic carbocycles. The molecule has 0 aromatic heterocycles. The SMILES string of the molecule is C=NC(=O)CNC(=O)[C@H](CC(=O)OC(C)(C)C)NC(=O)OCC1c2ccccc2-c2ccccc21. The maximum atomic E-state index is 12.6. The maximum Gasteiger partial charge on any atom is 0.407 e. The number of hydrogen-bond donors (Lipinski definition) is 2. The Morgan fingerprint density at radius 3 is 2.11 bits per heavy atom. The Hall–Kier alpha value is -4.01. The van der Waals surface area contributed by atoms with Gasteiger partial charge in [0.05, 0.1) is 13.0 Å². The fourth-order valence-corrected chi connectivity index (χ4v) is 3.88. The number of alkyl carbamates (subject to hydrolysis) is 1. The highest BCUT2D eigenvalue weighted by Crippen LogP contribution is 2.44. The topological polar surface area (TPSA) is 123 Å². The largest absolute Gasteiger partial charge is 0.460 e. The third-order valence-electron chi connectivity index (χ3n) is 5.33. The third-order valence-corrected chi connectivity index (χ3v) is 5.33. The van der Waals surface area contributed by atoms with Crippen molar-refractivity contribution in [2.45, 2.75) is 44.8 Å². The summed E-state index contributed by atoms with van der Waals surface area (Å²) in [5, 5.41) is 4.75. The molecule has 0 aliphatic heterocycles. The van der Waals surface area contributed by atoms with E-state index in [4.69, 9.17) is 9.47 Å². The van der Waals surface area contributed by atoms with Crippen molar-refractivity contribution in [3.05, 3.63) is 59.7 Å². The van der Waals surface area contributed by atoms with Crippen LogP contribution in [0.4, 0.5) is 4.79 Å². The molecule has 9 heteroatoms. The maximum absolute atomic E-state index is 12.6. The summed E-state index contributed by atoms with van der Waals surface area (Å²) in [5.41, 5.74) is 3.48. The van der Waals surface area contributed by atoms with Gasteiger partial charge < -0.3 is 20.1 Å². The zero-order valence-corrected chi connectivity index (χ0v) is 20.0. The van der Waals surface area contributed by atoms with Gasteiger partial charge in [-0.25, -0.2) is 9.79 Å². The van der Waals surface area contributed by atoms with Crippen molar-refractivity contribution in [3.63, 3.8) is 0 Å². The first-order valence-corrected chi connectivity index (χ1v) is 11.2. The van der Waals surface area contributed by atoms with E-state index in [2.05, 4.69) is 22.3 Å². The van der Waals surface area contributed by atoms with Crippen LogP contribution in [0, 0.1) is 0 Å². The molecule has 0 radical (unpaired) electrons. The molecule has 2 aromatic carbocycles. The minimum absolute atomic E-state index is 0.0412. The number of esters is 1. The highest BCUT2D eigenvalue weighted by atomic mass is 16.6. The van der Waals surface area contributed by atoms with Gasteiger partial charge in [-0.1, -0.05) is 48.5 Å². The first-order chi connectivity index (χ1) is 16.6. The van der Waals surface area contributed by atoms with Crippen LogP contribution < -0.4 is 10.6 Å². The molecule has 0 unspecified atom stereocenters. The second kappa shape index (κ2) is 10.9. The molecule has 0 saturated carbocycles. The van der Waals surface area contributed by atoms with E-state index in [1.807, 2.05) is 48.5 Å². The lowest BCUT2D eigenvalue weighted by atomic mass is 9.98. The Labute approximate surface area is 203 Å². The van der Waals surface area contributed by atoms with Crippen LogP contribution in [0.1, 0.15) is 44.2 Å². The van der Waals surface area contributed by atoms with Crippen molar-refractivity contribution in [3.8, 4) is 11.1 Å². The summed E-state index contributed by atoms with van der Waals surface area (Å²) in [7, 11) is 0. The average Bonchev–Trinajstić information content (AvgIpc) is 3.13. The molecule has 9 nitrogen and oxygen atoms in total. The summed E-state index contributed by atoms with van der Waals surface area (Å²) in [6.07, 6.45) is -1.31. The van der Waals surface area contributed by atoms with Gasteiger partial charge in [-0.05, 0) is 49.7 Å². The van der Waals surface area contributed by atoms with Crippen LogP contribution in [0.2, 0.25) is 0 Å². The van der Waals surface area contributed by atoms with Gasteiger partial charge in [0.2, 0.25) is 5.91 Å². The lowest BCUT2D eigenvalue weighted by molar-refractivity contribution is -0.156. The molecule has 3 amide bonds. The first-order valence-electron chi connectivity index (χ1n) is 11.2. The van der Waals surface area contributed by atoms with Crippen LogP contribution in [-0.2, 0) is 23.9 Å². The highest BCUT2D eigenvalue weighted by molar-refractivity contribution is 5.93. The van der Waals surface area contributed by atoms with Crippen molar-refractivity contribution in [1.82, 2.24) is 10.6 Å². The Bertz CT molecular complexity index is 1090. The molecule has 35 heavy (non-hydrogen) atoms. The number of amides is 3. The number of hydrogen-bond acceptors (Lipinski definition) is 6. The minimum atomic E-state index is -1.31. The van der Waals surface area contributed by atoms with Gasteiger partial charge in [0, 0.05) is 5.92 Å². The number of benzene rings is 2. The van der Waals surface area contributed by atoms with Crippen molar-refractivity contribution in [2.24, 2.45) is 4.99 Å². The number of carbonyl (C=O) groups is 4. The van der Waals surface area contributed by atoms with Crippen LogP contribution in [-0.4, -0.2) is 55.4 Å². The van der Waals surface area contributed by atoms with Crippen molar-refractivity contribution < 1.29 is 28.7 Å². The van der Waals surface area contributed by atoms with E-state index in [0.29, 0.717) is 0 Å². The minimum Gasteiger partial charge on any atom is -0.460 e. The standard InChI is InChI=1S/C26H29N3O6/c1-26(2,3)35-23(31)13-21(24(32)28-14-22(30)27-4)29-25(33)34-15-20-18-11-7-5-9-16(18)17-10-6-8-12-19(17)20/h5-12,20-21H,4,13-15H2,1-3H3,(H,28,32)(H,29,33)/t21-/m0/s1. The second-order valence-corrected chi connectivity index (χ2v) is 9.08. The molecule has 2 N–H and O–H groups in total. The summed E-state index contributed by atoms with van der Waals surface area (Å²) in [6.45, 7) is 7.79. The molecule has 184 valence electrons. The van der Waals surface area contributed by atoms with Crippen molar-refractivity contribution in [1.29, 1.82) is 0 Å². The number of aliphatic imine (C=N–C) groups is 1. The Morgan fingerprint density at radius 1 is 1.00 bits per heavy atom. The van der Waals surface area contributed by atoms with Crippen LogP contribution in [0.25, 0.3) is 11.1 Å². The Balaban J connectivity index is 1.67. The van der Waals surface area contributed by atoms with Crippen LogP contribution >= 0.6 is 0 Å². The number of carbonyl (C=O) groups excluding carboxylic acids is 4. The average molecular weight is 480 g/mol. The lowest BCUT2D eigenvalue weighted by Crippen LogP contribution is -2.49. The van der Waals surface area contributed by atoms with Crippen molar-refractivity contribution in [2.75, 3.05) is 13.2 Å².